The molecule has 228 valence electrons. The number of hydrogen-bond acceptors (Lipinski definition) is 3. The van der Waals surface area contributed by atoms with Crippen molar-refractivity contribution in [3.8, 4) is 0 Å². The van der Waals surface area contributed by atoms with Crippen LogP contribution in [0.5, 0.6) is 0 Å². The van der Waals surface area contributed by atoms with Gasteiger partial charge in [-0.05, 0) is 104 Å². The first-order valence-corrected chi connectivity index (χ1v) is 16.1. The van der Waals surface area contributed by atoms with Gasteiger partial charge in [-0.3, -0.25) is 4.79 Å². The molecule has 0 unspecified atom stereocenters. The lowest BCUT2D eigenvalue weighted by Crippen LogP contribution is -2.18. The van der Waals surface area contributed by atoms with Crippen LogP contribution in [0.15, 0.2) is 78.9 Å². The molecule has 5 rings (SSSR count). The summed E-state index contributed by atoms with van der Waals surface area (Å²) in [5.41, 5.74) is 6.07. The smallest absolute Gasteiger partial charge is 0.303 e. The number of carbonyl (C=O) groups is 1. The van der Waals surface area contributed by atoms with Crippen LogP contribution in [-0.2, 0) is 23.2 Å². The Balaban J connectivity index is 0.000000390. The number of H-pyrrole nitrogens is 1. The number of rotatable bonds is 10. The van der Waals surface area contributed by atoms with Gasteiger partial charge < -0.3 is 10.2 Å². The van der Waals surface area contributed by atoms with Gasteiger partial charge in [0.2, 0.25) is 11.2 Å². The summed E-state index contributed by atoms with van der Waals surface area (Å²) in [6, 6.07) is 26.9. The fourth-order valence-corrected chi connectivity index (χ4v) is 5.60. The summed E-state index contributed by atoms with van der Waals surface area (Å²) < 4.78 is 0. The highest BCUT2D eigenvalue weighted by molar-refractivity contribution is 7.80. The van der Waals surface area contributed by atoms with Crippen LogP contribution in [0.4, 0.5) is 0 Å². The lowest BCUT2D eigenvalue weighted by molar-refractivity contribution is -0.347. The fourth-order valence-electron chi connectivity index (χ4n) is 5.00. The summed E-state index contributed by atoms with van der Waals surface area (Å²) in [6.07, 6.45) is 9.62. The molecule has 1 saturated carbocycles. The van der Waals surface area contributed by atoms with Crippen LogP contribution in [0.3, 0.4) is 0 Å². The van der Waals surface area contributed by atoms with E-state index < -0.39 is 11.6 Å². The number of aryl methyl sites for hydroxylation is 2. The van der Waals surface area contributed by atoms with E-state index in [0.29, 0.717) is 6.42 Å². The lowest BCUT2D eigenvalue weighted by Gasteiger charge is -2.21. The van der Waals surface area contributed by atoms with Gasteiger partial charge in [0.05, 0.1) is 12.0 Å². The Hall–Kier alpha value is -3.12. The zero-order chi connectivity index (χ0) is 31.5. The van der Waals surface area contributed by atoms with Crippen molar-refractivity contribution >= 4 is 53.3 Å². The van der Waals surface area contributed by atoms with Crippen LogP contribution in [0.1, 0.15) is 81.3 Å². The van der Waals surface area contributed by atoms with Gasteiger partial charge in [0.1, 0.15) is 0 Å². The number of halogens is 1. The summed E-state index contributed by atoms with van der Waals surface area (Å²) in [7, 11) is 0. The minimum Gasteiger partial charge on any atom is -0.481 e. The molecule has 0 amide bonds. The monoisotopic (exact) mass is 618 g/mol. The normalized spacial score (nSPS) is 13.6. The Morgan fingerprint density at radius 3 is 2.35 bits per heavy atom. The number of aliphatic hydroxyl groups is 1. The third-order valence-corrected chi connectivity index (χ3v) is 8.46. The first kappa shape index (κ1) is 34.4. The Bertz CT molecular complexity index is 1520. The van der Waals surface area contributed by atoms with Gasteiger partial charge in [0.15, 0.2) is 0 Å². The summed E-state index contributed by atoms with van der Waals surface area (Å²) in [4.78, 5) is 13.6. The molecule has 4 aromatic rings. The van der Waals surface area contributed by atoms with E-state index in [4.69, 9.17) is 16.7 Å². The van der Waals surface area contributed by atoms with Crippen molar-refractivity contribution in [3.05, 3.63) is 112 Å². The second-order valence-corrected chi connectivity index (χ2v) is 12.3. The number of hydrogen-bond donors (Lipinski definition) is 3. The number of carboxylic acids is 1. The number of aliphatic carboxylic acids is 1. The molecule has 0 saturated heterocycles. The molecule has 1 fully saturated rings. The van der Waals surface area contributed by atoms with E-state index in [9.17, 15) is 9.90 Å². The minimum atomic E-state index is -0.813. The fraction of sp³-hybridized carbons (Fsp3) is 0.351. The van der Waals surface area contributed by atoms with E-state index in [-0.39, 0.29) is 5.41 Å². The first-order chi connectivity index (χ1) is 20.6. The maximum absolute atomic E-state index is 10.4. The molecule has 0 bridgehead atoms. The van der Waals surface area contributed by atoms with Crippen LogP contribution in [-0.4, -0.2) is 21.9 Å². The molecule has 0 radical (unpaired) electrons. The number of fused-ring (bicyclic) bond motifs is 1. The summed E-state index contributed by atoms with van der Waals surface area (Å²) in [6.45, 7) is 7.70. The van der Waals surface area contributed by atoms with Crippen molar-refractivity contribution in [3.63, 3.8) is 0 Å². The maximum Gasteiger partial charge on any atom is 0.303 e. The van der Waals surface area contributed by atoms with Crippen molar-refractivity contribution in [1.82, 2.24) is 0 Å². The van der Waals surface area contributed by atoms with Gasteiger partial charge in [-0.2, -0.15) is 12.6 Å². The number of nitrogens with one attached hydrogen (secondary N) is 1. The molecule has 6 heteroatoms. The van der Waals surface area contributed by atoms with E-state index >= 15 is 0 Å². The third-order valence-electron chi connectivity index (χ3n) is 7.55. The highest BCUT2D eigenvalue weighted by atomic mass is 35.5. The van der Waals surface area contributed by atoms with Crippen LogP contribution in [0.2, 0.25) is 5.02 Å². The van der Waals surface area contributed by atoms with Gasteiger partial charge >= 0.3 is 5.97 Å². The van der Waals surface area contributed by atoms with Crippen molar-refractivity contribution in [2.45, 2.75) is 71.8 Å². The van der Waals surface area contributed by atoms with Gasteiger partial charge in [-0.15, -0.1) is 0 Å². The Labute approximate surface area is 267 Å². The zero-order valence-corrected chi connectivity index (χ0v) is 27.4. The molecule has 0 aliphatic heterocycles. The molecule has 4 nitrogen and oxygen atoms in total. The standard InChI is InChI=1S/C29H28ClNO.C6H10O2S.C2H6/c1-29(2,32)27-12-4-3-10-23(27)11-6-9-21-7-5-8-22(19-21)13-17-26-18-15-24-14-16-25(30)20-28(24)31-26;7-5(8)3-6(4-9)1-2-6;1-2/h3-5,7-8,10,12-20,32H,6,9,11H2,1-2H3;9H,1-4H2,(H,7,8);1-2H3/p+1/b17-13+;;. The predicted octanol–water partition coefficient (Wildman–Crippen LogP) is 9.08. The van der Waals surface area contributed by atoms with Gasteiger partial charge in [0.25, 0.3) is 0 Å². The Morgan fingerprint density at radius 2 is 1.70 bits per heavy atom. The average molecular weight is 619 g/mol. The van der Waals surface area contributed by atoms with Crippen LogP contribution in [0, 0.1) is 5.41 Å². The van der Waals surface area contributed by atoms with Crippen molar-refractivity contribution < 1.29 is 20.0 Å². The summed E-state index contributed by atoms with van der Waals surface area (Å²) >= 11 is 10.2. The zero-order valence-electron chi connectivity index (χ0n) is 25.7. The first-order valence-electron chi connectivity index (χ1n) is 15.1. The van der Waals surface area contributed by atoms with E-state index in [1.54, 1.807) is 0 Å². The molecular formula is C37H45ClNO3S+. The van der Waals surface area contributed by atoms with E-state index in [1.165, 1.54) is 16.7 Å². The molecule has 1 aliphatic rings. The Morgan fingerprint density at radius 1 is 0.977 bits per heavy atom. The van der Waals surface area contributed by atoms with Crippen LogP contribution >= 0.6 is 24.2 Å². The average Bonchev–Trinajstić information content (AvgIpc) is 3.76. The quantitative estimate of drug-likeness (QED) is 0.155. The van der Waals surface area contributed by atoms with Crippen molar-refractivity contribution in [2.24, 2.45) is 5.41 Å². The van der Waals surface area contributed by atoms with Crippen molar-refractivity contribution in [2.75, 3.05) is 5.75 Å². The van der Waals surface area contributed by atoms with Gasteiger partial charge in [-0.25, -0.2) is 4.98 Å². The largest absolute Gasteiger partial charge is 0.481 e. The van der Waals surface area contributed by atoms with E-state index in [0.717, 1.165) is 65.0 Å². The van der Waals surface area contributed by atoms with Gasteiger partial charge in [-0.1, -0.05) is 74.0 Å². The molecule has 0 atom stereocenters. The number of thiol groups is 1. The maximum atomic E-state index is 10.4. The topological polar surface area (TPSA) is 71.7 Å². The number of benzene rings is 3. The molecule has 1 aliphatic carbocycles. The molecular weight excluding hydrogens is 574 g/mol. The molecule has 1 heterocycles. The number of aromatic nitrogens is 1. The highest BCUT2D eigenvalue weighted by Crippen LogP contribution is 2.49. The molecule has 0 spiro atoms. The predicted molar refractivity (Wildman–Crippen MR) is 184 cm³/mol. The van der Waals surface area contributed by atoms with Crippen LogP contribution < -0.4 is 4.98 Å². The SMILES string of the molecule is CC.CC(C)(O)c1ccccc1CCCc1cccc(/C=C/c2ccc3ccc(Cl)cc3[nH+]2)c1.O=C(O)CC1(CS)CC1. The second kappa shape index (κ2) is 16.1. The summed E-state index contributed by atoms with van der Waals surface area (Å²) in [5, 5.41) is 20.7. The second-order valence-electron chi connectivity index (χ2n) is 11.5. The lowest BCUT2D eigenvalue weighted by atomic mass is 9.90. The number of pyridine rings is 1. The summed E-state index contributed by atoms with van der Waals surface area (Å²) in [5.74, 6) is 0.0285. The highest BCUT2D eigenvalue weighted by Gasteiger charge is 2.42. The molecule has 3 aromatic carbocycles. The Kier molecular flexibility index (Phi) is 12.9. The third kappa shape index (κ3) is 10.8. The number of aromatic amines is 1. The molecule has 43 heavy (non-hydrogen) atoms. The number of carboxylic acid groups (broad SMARTS) is 1. The van der Waals surface area contributed by atoms with Crippen molar-refractivity contribution in [1.29, 1.82) is 0 Å². The van der Waals surface area contributed by atoms with Crippen LogP contribution in [0.25, 0.3) is 23.1 Å². The molecule has 1 aromatic heterocycles. The van der Waals surface area contributed by atoms with E-state index in [2.05, 4.69) is 72.2 Å². The molecule has 3 N–H and O–H groups in total. The van der Waals surface area contributed by atoms with E-state index in [1.807, 2.05) is 64.1 Å². The van der Waals surface area contributed by atoms with Gasteiger partial charge in [0, 0.05) is 28.6 Å². The minimum absolute atomic E-state index is 0.0783.